The topological polar surface area (TPSA) is 66.5 Å². The average Bonchev–Trinajstić information content (AvgIpc) is 2.97. The number of amides is 1. The Bertz CT molecular complexity index is 553. The molecule has 5 nitrogen and oxygen atoms in total. The SMILES string of the molecule is O=C1CNC(c2cccs2)N1C1CCS(=O)(=O)C1. The van der Waals surface area contributed by atoms with Crippen molar-refractivity contribution in [3.05, 3.63) is 22.4 Å². The summed E-state index contributed by atoms with van der Waals surface area (Å²) < 4.78 is 23.1. The Morgan fingerprint density at radius 2 is 2.28 bits per heavy atom. The van der Waals surface area contributed by atoms with Crippen LogP contribution >= 0.6 is 11.3 Å². The molecule has 0 aromatic carbocycles. The van der Waals surface area contributed by atoms with E-state index in [9.17, 15) is 13.2 Å². The zero-order valence-corrected chi connectivity index (χ0v) is 11.3. The minimum atomic E-state index is -2.97. The van der Waals surface area contributed by atoms with Gasteiger partial charge in [0.1, 0.15) is 6.17 Å². The molecule has 0 aliphatic carbocycles. The molecule has 1 aromatic rings. The maximum Gasteiger partial charge on any atom is 0.238 e. The van der Waals surface area contributed by atoms with Gasteiger partial charge in [-0.25, -0.2) is 8.42 Å². The van der Waals surface area contributed by atoms with Gasteiger partial charge in [0.15, 0.2) is 9.84 Å². The zero-order chi connectivity index (χ0) is 12.8. The van der Waals surface area contributed by atoms with Crippen LogP contribution in [0.3, 0.4) is 0 Å². The largest absolute Gasteiger partial charge is 0.317 e. The number of rotatable bonds is 2. The van der Waals surface area contributed by atoms with Gasteiger partial charge in [-0.05, 0) is 17.9 Å². The van der Waals surface area contributed by atoms with Crippen LogP contribution in [-0.4, -0.2) is 43.3 Å². The molecule has 0 saturated carbocycles. The number of thiophene rings is 1. The highest BCUT2D eigenvalue weighted by atomic mass is 32.2. The van der Waals surface area contributed by atoms with Crippen LogP contribution in [0.15, 0.2) is 17.5 Å². The Kier molecular flexibility index (Phi) is 2.91. The van der Waals surface area contributed by atoms with E-state index in [2.05, 4.69) is 5.32 Å². The Labute approximate surface area is 110 Å². The monoisotopic (exact) mass is 286 g/mol. The van der Waals surface area contributed by atoms with Crippen LogP contribution < -0.4 is 5.32 Å². The maximum atomic E-state index is 12.0. The standard InChI is InChI=1S/C11H14N2O3S2/c14-10-6-12-11(9-2-1-4-17-9)13(10)8-3-5-18(15,16)7-8/h1-2,4,8,11-12H,3,5-7H2. The Morgan fingerprint density at radius 3 is 2.89 bits per heavy atom. The Balaban J connectivity index is 1.87. The van der Waals surface area contributed by atoms with Crippen molar-refractivity contribution in [3.8, 4) is 0 Å². The predicted octanol–water partition coefficient (Wildman–Crippen LogP) is 0.366. The third-order valence-electron chi connectivity index (χ3n) is 3.43. The van der Waals surface area contributed by atoms with Crippen molar-refractivity contribution in [1.29, 1.82) is 0 Å². The van der Waals surface area contributed by atoms with Crippen LogP contribution in [0.25, 0.3) is 0 Å². The van der Waals surface area contributed by atoms with Crippen molar-refractivity contribution < 1.29 is 13.2 Å². The first-order chi connectivity index (χ1) is 8.57. The van der Waals surface area contributed by atoms with Gasteiger partial charge in [-0.3, -0.25) is 10.1 Å². The van der Waals surface area contributed by atoms with Crippen molar-refractivity contribution in [3.63, 3.8) is 0 Å². The highest BCUT2D eigenvalue weighted by Gasteiger charge is 2.42. The van der Waals surface area contributed by atoms with Crippen LogP contribution in [0.1, 0.15) is 17.5 Å². The molecule has 0 radical (unpaired) electrons. The van der Waals surface area contributed by atoms with Gasteiger partial charge in [0.05, 0.1) is 18.1 Å². The average molecular weight is 286 g/mol. The summed E-state index contributed by atoms with van der Waals surface area (Å²) in [5.41, 5.74) is 0. The highest BCUT2D eigenvalue weighted by Crippen LogP contribution is 2.31. The summed E-state index contributed by atoms with van der Waals surface area (Å²) in [7, 11) is -2.97. The number of hydrogen-bond donors (Lipinski definition) is 1. The summed E-state index contributed by atoms with van der Waals surface area (Å²) in [5, 5.41) is 5.12. The molecule has 2 fully saturated rings. The molecule has 2 saturated heterocycles. The second-order valence-corrected chi connectivity index (χ2v) is 7.86. The summed E-state index contributed by atoms with van der Waals surface area (Å²) in [5.74, 6) is 0.288. The van der Waals surface area contributed by atoms with E-state index in [0.717, 1.165) is 4.88 Å². The summed E-state index contributed by atoms with van der Waals surface area (Å²) in [6.07, 6.45) is 0.397. The number of carbonyl (C=O) groups is 1. The van der Waals surface area contributed by atoms with Crippen molar-refractivity contribution >= 4 is 27.1 Å². The summed E-state index contributed by atoms with van der Waals surface area (Å²) in [6, 6.07) is 3.73. The molecular weight excluding hydrogens is 272 g/mol. The predicted molar refractivity (Wildman–Crippen MR) is 69.0 cm³/mol. The second-order valence-electron chi connectivity index (χ2n) is 4.66. The summed E-state index contributed by atoms with van der Waals surface area (Å²) in [6.45, 7) is 0.291. The molecule has 1 amide bonds. The molecule has 3 rings (SSSR count). The fourth-order valence-corrected chi connectivity index (χ4v) is 5.12. The van der Waals surface area contributed by atoms with Gasteiger partial charge in [0.2, 0.25) is 5.91 Å². The number of sulfone groups is 1. The molecule has 1 N–H and O–H groups in total. The van der Waals surface area contributed by atoms with E-state index >= 15 is 0 Å². The molecule has 2 atom stereocenters. The minimum absolute atomic E-state index is 0.00417. The van der Waals surface area contributed by atoms with Gasteiger partial charge < -0.3 is 4.90 Å². The number of nitrogens with one attached hydrogen (secondary N) is 1. The zero-order valence-electron chi connectivity index (χ0n) is 9.70. The van der Waals surface area contributed by atoms with E-state index in [1.807, 2.05) is 17.5 Å². The lowest BCUT2D eigenvalue weighted by molar-refractivity contribution is -0.129. The van der Waals surface area contributed by atoms with Crippen molar-refractivity contribution in [2.45, 2.75) is 18.6 Å². The van der Waals surface area contributed by atoms with E-state index in [-0.39, 0.29) is 29.6 Å². The third kappa shape index (κ3) is 2.06. The van der Waals surface area contributed by atoms with Crippen LogP contribution in [0.5, 0.6) is 0 Å². The first-order valence-electron chi connectivity index (χ1n) is 5.85. The van der Waals surface area contributed by atoms with E-state index in [1.165, 1.54) is 0 Å². The first kappa shape index (κ1) is 12.1. The Hall–Kier alpha value is -0.920. The van der Waals surface area contributed by atoms with Gasteiger partial charge in [-0.2, -0.15) is 0 Å². The fraction of sp³-hybridized carbons (Fsp3) is 0.545. The van der Waals surface area contributed by atoms with Gasteiger partial charge in [-0.15, -0.1) is 11.3 Å². The van der Waals surface area contributed by atoms with Crippen LogP contribution in [0.4, 0.5) is 0 Å². The molecule has 0 bridgehead atoms. The summed E-state index contributed by atoms with van der Waals surface area (Å²) >= 11 is 1.58. The quantitative estimate of drug-likeness (QED) is 0.853. The van der Waals surface area contributed by atoms with Crippen molar-refractivity contribution in [2.24, 2.45) is 0 Å². The van der Waals surface area contributed by atoms with Crippen LogP contribution in [-0.2, 0) is 14.6 Å². The number of hydrogen-bond acceptors (Lipinski definition) is 5. The van der Waals surface area contributed by atoms with Gasteiger partial charge in [0, 0.05) is 10.9 Å². The second kappa shape index (κ2) is 4.32. The van der Waals surface area contributed by atoms with Gasteiger partial charge in [0.25, 0.3) is 0 Å². The van der Waals surface area contributed by atoms with Crippen LogP contribution in [0, 0.1) is 0 Å². The maximum absolute atomic E-state index is 12.0. The van der Waals surface area contributed by atoms with E-state index in [4.69, 9.17) is 0 Å². The normalized spacial score (nSPS) is 31.1. The highest BCUT2D eigenvalue weighted by molar-refractivity contribution is 7.91. The van der Waals surface area contributed by atoms with Crippen molar-refractivity contribution in [2.75, 3.05) is 18.1 Å². The van der Waals surface area contributed by atoms with E-state index < -0.39 is 9.84 Å². The molecule has 3 heterocycles. The molecule has 0 spiro atoms. The third-order valence-corrected chi connectivity index (χ3v) is 6.10. The number of carbonyl (C=O) groups excluding carboxylic acids is 1. The molecule has 2 aliphatic rings. The molecule has 7 heteroatoms. The lowest BCUT2D eigenvalue weighted by Gasteiger charge is -2.28. The van der Waals surface area contributed by atoms with E-state index in [0.29, 0.717) is 13.0 Å². The van der Waals surface area contributed by atoms with E-state index in [1.54, 1.807) is 16.2 Å². The first-order valence-corrected chi connectivity index (χ1v) is 8.55. The number of nitrogens with zero attached hydrogens (tertiary/aromatic N) is 1. The molecular formula is C11H14N2O3S2. The van der Waals surface area contributed by atoms with Crippen LogP contribution in [0.2, 0.25) is 0 Å². The van der Waals surface area contributed by atoms with Crippen molar-refractivity contribution in [1.82, 2.24) is 10.2 Å². The molecule has 2 aliphatic heterocycles. The Morgan fingerprint density at radius 1 is 1.44 bits per heavy atom. The smallest absolute Gasteiger partial charge is 0.238 e. The fourth-order valence-electron chi connectivity index (χ4n) is 2.61. The molecule has 98 valence electrons. The lowest BCUT2D eigenvalue weighted by atomic mass is 10.2. The van der Waals surface area contributed by atoms with Gasteiger partial charge in [-0.1, -0.05) is 6.07 Å². The molecule has 18 heavy (non-hydrogen) atoms. The lowest BCUT2D eigenvalue weighted by Crippen LogP contribution is -2.40. The molecule has 2 unspecified atom stereocenters. The minimum Gasteiger partial charge on any atom is -0.317 e. The molecule has 1 aromatic heterocycles. The summed E-state index contributed by atoms with van der Waals surface area (Å²) in [4.78, 5) is 14.7. The van der Waals surface area contributed by atoms with Gasteiger partial charge >= 0.3 is 0 Å².